The van der Waals surface area contributed by atoms with Gasteiger partial charge in [-0.1, -0.05) is 42.0 Å². The molecule has 0 aliphatic rings. The molecule has 0 saturated heterocycles. The standard InChI is InChI=1S/C12H12.Y/c1-9-6-7-12-10(2)4-3-5-11(12)8-9;/h3-8H,1-2H3;. The fourth-order valence-corrected chi connectivity index (χ4v) is 1.57. The van der Waals surface area contributed by atoms with E-state index in [1.165, 1.54) is 21.9 Å². The third-order valence-electron chi connectivity index (χ3n) is 2.25. The first-order valence-electron chi connectivity index (χ1n) is 4.23. The Hall–Kier alpha value is -0.196. The molecule has 0 unspecified atom stereocenters. The summed E-state index contributed by atoms with van der Waals surface area (Å²) in [7, 11) is 0. The van der Waals surface area contributed by atoms with Crippen LogP contribution in [-0.2, 0) is 32.7 Å². The van der Waals surface area contributed by atoms with Gasteiger partial charge in [0.05, 0.1) is 0 Å². The SMILES string of the molecule is Cc1ccc2c(C)cccc2c1.[Y]. The summed E-state index contributed by atoms with van der Waals surface area (Å²) in [6.45, 7) is 4.28. The van der Waals surface area contributed by atoms with E-state index in [1.807, 2.05) is 0 Å². The monoisotopic (exact) mass is 245 g/mol. The Kier molecular flexibility index (Phi) is 3.64. The summed E-state index contributed by atoms with van der Waals surface area (Å²) in [6.07, 6.45) is 0. The van der Waals surface area contributed by atoms with E-state index in [1.54, 1.807) is 0 Å². The third kappa shape index (κ3) is 2.18. The molecule has 1 heteroatoms. The molecule has 2 aromatic carbocycles. The zero-order valence-corrected chi connectivity index (χ0v) is 10.9. The van der Waals surface area contributed by atoms with Crippen molar-refractivity contribution in [1.29, 1.82) is 0 Å². The molecule has 13 heavy (non-hydrogen) atoms. The molecule has 0 atom stereocenters. The number of hydrogen-bond donors (Lipinski definition) is 0. The molecule has 0 aliphatic carbocycles. The molecular weight excluding hydrogens is 233 g/mol. The van der Waals surface area contributed by atoms with Crippen molar-refractivity contribution < 1.29 is 32.7 Å². The minimum absolute atomic E-state index is 0. The second-order valence-electron chi connectivity index (χ2n) is 3.30. The number of hydrogen-bond acceptors (Lipinski definition) is 0. The molecular formula is C12H12Y. The number of benzene rings is 2. The van der Waals surface area contributed by atoms with E-state index >= 15 is 0 Å². The van der Waals surface area contributed by atoms with Gasteiger partial charge in [0, 0.05) is 32.7 Å². The maximum absolute atomic E-state index is 2.22. The average Bonchev–Trinajstić information content (AvgIpc) is 2.04. The van der Waals surface area contributed by atoms with E-state index in [0.29, 0.717) is 0 Å². The molecule has 0 spiro atoms. The van der Waals surface area contributed by atoms with Crippen molar-refractivity contribution in [3.63, 3.8) is 0 Å². The Morgan fingerprint density at radius 1 is 0.923 bits per heavy atom. The molecule has 0 aliphatic heterocycles. The first-order valence-corrected chi connectivity index (χ1v) is 4.23. The molecule has 0 bridgehead atoms. The van der Waals surface area contributed by atoms with Crippen LogP contribution in [-0.4, -0.2) is 0 Å². The zero-order chi connectivity index (χ0) is 8.55. The summed E-state index contributed by atoms with van der Waals surface area (Å²) in [4.78, 5) is 0. The second-order valence-corrected chi connectivity index (χ2v) is 3.30. The van der Waals surface area contributed by atoms with Crippen LogP contribution in [0.4, 0.5) is 0 Å². The van der Waals surface area contributed by atoms with Crippen LogP contribution in [0.1, 0.15) is 11.1 Å². The van der Waals surface area contributed by atoms with Crippen LogP contribution in [0.3, 0.4) is 0 Å². The maximum atomic E-state index is 2.22. The van der Waals surface area contributed by atoms with E-state index < -0.39 is 0 Å². The van der Waals surface area contributed by atoms with Crippen LogP contribution >= 0.6 is 0 Å². The molecule has 0 aromatic heterocycles. The van der Waals surface area contributed by atoms with Gasteiger partial charge < -0.3 is 0 Å². The van der Waals surface area contributed by atoms with Gasteiger partial charge in [-0.3, -0.25) is 0 Å². The van der Waals surface area contributed by atoms with Gasteiger partial charge in [-0.05, 0) is 30.2 Å². The van der Waals surface area contributed by atoms with Crippen molar-refractivity contribution >= 4 is 10.8 Å². The molecule has 1 radical (unpaired) electrons. The summed E-state index contributed by atoms with van der Waals surface area (Å²) in [5.74, 6) is 0. The van der Waals surface area contributed by atoms with Crippen LogP contribution in [0.15, 0.2) is 36.4 Å². The molecule has 0 fully saturated rings. The van der Waals surface area contributed by atoms with Crippen molar-refractivity contribution in [3.8, 4) is 0 Å². The summed E-state index contributed by atoms with van der Waals surface area (Å²) >= 11 is 0. The predicted octanol–water partition coefficient (Wildman–Crippen LogP) is 3.45. The van der Waals surface area contributed by atoms with Gasteiger partial charge in [-0.2, -0.15) is 0 Å². The smallest absolute Gasteiger partial charge is 0 e. The van der Waals surface area contributed by atoms with E-state index in [-0.39, 0.29) is 32.7 Å². The van der Waals surface area contributed by atoms with Crippen LogP contribution < -0.4 is 0 Å². The van der Waals surface area contributed by atoms with E-state index in [4.69, 9.17) is 0 Å². The van der Waals surface area contributed by atoms with E-state index in [9.17, 15) is 0 Å². The summed E-state index contributed by atoms with van der Waals surface area (Å²) in [5, 5.41) is 2.71. The molecule has 0 amide bonds. The van der Waals surface area contributed by atoms with Crippen molar-refractivity contribution in [2.45, 2.75) is 13.8 Å². The van der Waals surface area contributed by atoms with Crippen molar-refractivity contribution in [1.82, 2.24) is 0 Å². The summed E-state index contributed by atoms with van der Waals surface area (Å²) in [5.41, 5.74) is 2.68. The second kappa shape index (κ2) is 4.35. The van der Waals surface area contributed by atoms with Crippen LogP contribution in [0.25, 0.3) is 10.8 Å². The normalized spacial score (nSPS) is 9.69. The Morgan fingerprint density at radius 3 is 2.46 bits per heavy atom. The fourth-order valence-electron chi connectivity index (χ4n) is 1.57. The van der Waals surface area contributed by atoms with E-state index in [2.05, 4.69) is 50.2 Å². The van der Waals surface area contributed by atoms with Gasteiger partial charge in [-0.15, -0.1) is 0 Å². The van der Waals surface area contributed by atoms with Gasteiger partial charge in [0.15, 0.2) is 0 Å². The molecule has 0 N–H and O–H groups in total. The first kappa shape index (κ1) is 10.9. The predicted molar refractivity (Wildman–Crippen MR) is 53.4 cm³/mol. The number of rotatable bonds is 0. The third-order valence-corrected chi connectivity index (χ3v) is 2.25. The fraction of sp³-hybridized carbons (Fsp3) is 0.167. The largest absolute Gasteiger partial charge is 0.0614 e. The van der Waals surface area contributed by atoms with Gasteiger partial charge >= 0.3 is 0 Å². The Balaban J connectivity index is 0.000000845. The topological polar surface area (TPSA) is 0 Å². The number of aryl methyl sites for hydroxylation is 2. The molecule has 2 aromatic rings. The van der Waals surface area contributed by atoms with Gasteiger partial charge in [0.1, 0.15) is 0 Å². The van der Waals surface area contributed by atoms with Gasteiger partial charge in [0.25, 0.3) is 0 Å². The van der Waals surface area contributed by atoms with Crippen LogP contribution in [0.2, 0.25) is 0 Å². The maximum Gasteiger partial charge on any atom is 0 e. The quantitative estimate of drug-likeness (QED) is 0.666. The Bertz CT molecular complexity index is 418. The molecule has 2 rings (SSSR count). The molecule has 0 nitrogen and oxygen atoms in total. The summed E-state index contributed by atoms with van der Waals surface area (Å²) < 4.78 is 0. The van der Waals surface area contributed by atoms with Gasteiger partial charge in [0.2, 0.25) is 0 Å². The average molecular weight is 245 g/mol. The van der Waals surface area contributed by atoms with Crippen molar-refractivity contribution in [2.24, 2.45) is 0 Å². The van der Waals surface area contributed by atoms with E-state index in [0.717, 1.165) is 0 Å². The Labute approximate surface area is 104 Å². The summed E-state index contributed by atoms with van der Waals surface area (Å²) in [6, 6.07) is 13.0. The molecule has 0 heterocycles. The first-order chi connectivity index (χ1) is 5.77. The minimum atomic E-state index is 0. The molecule has 0 saturated carbocycles. The van der Waals surface area contributed by atoms with Crippen molar-refractivity contribution in [3.05, 3.63) is 47.5 Å². The Morgan fingerprint density at radius 2 is 1.69 bits per heavy atom. The molecule has 63 valence electrons. The van der Waals surface area contributed by atoms with Crippen LogP contribution in [0, 0.1) is 13.8 Å². The van der Waals surface area contributed by atoms with Crippen molar-refractivity contribution in [2.75, 3.05) is 0 Å². The zero-order valence-electron chi connectivity index (χ0n) is 8.04. The van der Waals surface area contributed by atoms with Gasteiger partial charge in [-0.25, -0.2) is 0 Å². The van der Waals surface area contributed by atoms with Crippen LogP contribution in [0.5, 0.6) is 0 Å². The number of fused-ring (bicyclic) bond motifs is 1. The minimum Gasteiger partial charge on any atom is -0.0614 e.